The first-order valence-electron chi connectivity index (χ1n) is 35.2. The van der Waals surface area contributed by atoms with Crippen molar-refractivity contribution < 1.29 is 28.6 Å². The minimum absolute atomic E-state index is 0.0671. The van der Waals surface area contributed by atoms with Gasteiger partial charge in [-0.15, -0.1) is 0 Å². The van der Waals surface area contributed by atoms with E-state index in [1.165, 1.54) is 302 Å². The normalized spacial score (nSPS) is 12.0. The van der Waals surface area contributed by atoms with Crippen LogP contribution in [0.25, 0.3) is 0 Å². The molecule has 0 fully saturated rings. The maximum absolute atomic E-state index is 12.9. The molecule has 0 aliphatic rings. The SMILES string of the molecule is CCCCCC/C=C\CCCCCCCC(=O)OC(COC(=O)CCCCCCCCCCCCCCC)COC(=O)CCCCCCCCCCCCCCCCCCCCCCCCCCCCCCCCCCC. The first-order valence-corrected chi connectivity index (χ1v) is 35.2. The molecule has 0 spiro atoms. The second-order valence-electron chi connectivity index (χ2n) is 24.2. The Morgan fingerprint density at radius 2 is 0.429 bits per heavy atom. The highest BCUT2D eigenvalue weighted by Crippen LogP contribution is 2.19. The molecule has 0 saturated heterocycles. The number of carbonyl (C=O) groups excluding carboxylic acids is 3. The second kappa shape index (κ2) is 66.7. The Bertz CT molecular complexity index is 1200. The van der Waals surface area contributed by atoms with E-state index >= 15 is 0 Å². The monoisotopic (exact) mass is 1090 g/mol. The fourth-order valence-corrected chi connectivity index (χ4v) is 11.0. The third-order valence-corrected chi connectivity index (χ3v) is 16.3. The topological polar surface area (TPSA) is 78.9 Å². The van der Waals surface area contributed by atoms with Crippen molar-refractivity contribution in [3.05, 3.63) is 12.2 Å². The lowest BCUT2D eigenvalue weighted by Crippen LogP contribution is -2.30. The Kier molecular flexibility index (Phi) is 65.1. The molecule has 0 N–H and O–H groups in total. The zero-order valence-corrected chi connectivity index (χ0v) is 52.5. The lowest BCUT2D eigenvalue weighted by Gasteiger charge is -2.18. The van der Waals surface area contributed by atoms with Gasteiger partial charge in [0.25, 0.3) is 0 Å². The van der Waals surface area contributed by atoms with E-state index in [2.05, 4.69) is 32.9 Å². The summed E-state index contributed by atoms with van der Waals surface area (Å²) in [6, 6.07) is 0. The largest absolute Gasteiger partial charge is 0.462 e. The minimum atomic E-state index is -0.770. The molecule has 77 heavy (non-hydrogen) atoms. The van der Waals surface area contributed by atoms with Crippen molar-refractivity contribution in [1.82, 2.24) is 0 Å². The molecule has 0 heterocycles. The van der Waals surface area contributed by atoms with E-state index < -0.39 is 6.10 Å². The number of esters is 3. The van der Waals surface area contributed by atoms with Gasteiger partial charge in [0, 0.05) is 19.3 Å². The predicted octanol–water partition coefficient (Wildman–Crippen LogP) is 24.0. The van der Waals surface area contributed by atoms with Crippen molar-refractivity contribution in [2.45, 2.75) is 412 Å². The van der Waals surface area contributed by atoms with Crippen LogP contribution in [0.4, 0.5) is 0 Å². The first kappa shape index (κ1) is 75.2. The van der Waals surface area contributed by atoms with Gasteiger partial charge in [-0.2, -0.15) is 0 Å². The van der Waals surface area contributed by atoms with Gasteiger partial charge in [-0.1, -0.05) is 354 Å². The van der Waals surface area contributed by atoms with Gasteiger partial charge in [-0.05, 0) is 44.9 Å². The van der Waals surface area contributed by atoms with Gasteiger partial charge in [-0.3, -0.25) is 14.4 Å². The Labute approximate surface area is 481 Å². The van der Waals surface area contributed by atoms with Crippen molar-refractivity contribution in [2.75, 3.05) is 13.2 Å². The van der Waals surface area contributed by atoms with Gasteiger partial charge in [0.1, 0.15) is 13.2 Å². The summed E-state index contributed by atoms with van der Waals surface area (Å²) >= 11 is 0. The Morgan fingerprint density at radius 3 is 0.662 bits per heavy atom. The molecule has 0 aromatic heterocycles. The number of hydrogen-bond donors (Lipinski definition) is 0. The van der Waals surface area contributed by atoms with Crippen LogP contribution in [0.3, 0.4) is 0 Å². The van der Waals surface area contributed by atoms with E-state index in [9.17, 15) is 14.4 Å². The van der Waals surface area contributed by atoms with E-state index in [0.717, 1.165) is 64.2 Å². The highest BCUT2D eigenvalue weighted by Gasteiger charge is 2.19. The van der Waals surface area contributed by atoms with Crippen LogP contribution >= 0.6 is 0 Å². The van der Waals surface area contributed by atoms with Gasteiger partial charge in [0.15, 0.2) is 6.10 Å². The van der Waals surface area contributed by atoms with Crippen molar-refractivity contribution in [1.29, 1.82) is 0 Å². The summed E-state index contributed by atoms with van der Waals surface area (Å²) in [5, 5.41) is 0. The van der Waals surface area contributed by atoms with Gasteiger partial charge in [-0.25, -0.2) is 0 Å². The maximum Gasteiger partial charge on any atom is 0.306 e. The number of ether oxygens (including phenoxy) is 3. The summed E-state index contributed by atoms with van der Waals surface area (Å²) in [5.74, 6) is -0.846. The van der Waals surface area contributed by atoms with Gasteiger partial charge >= 0.3 is 17.9 Å². The fraction of sp³-hybridized carbons (Fsp3) is 0.930. The summed E-state index contributed by atoms with van der Waals surface area (Å²) in [6.45, 7) is 6.69. The van der Waals surface area contributed by atoms with Crippen LogP contribution in [0.5, 0.6) is 0 Å². The van der Waals surface area contributed by atoms with E-state index in [-0.39, 0.29) is 31.1 Å². The molecule has 0 aliphatic heterocycles. The van der Waals surface area contributed by atoms with Crippen LogP contribution in [0.2, 0.25) is 0 Å². The summed E-state index contributed by atoms with van der Waals surface area (Å²) in [7, 11) is 0. The van der Waals surface area contributed by atoms with Gasteiger partial charge in [0.05, 0.1) is 0 Å². The minimum Gasteiger partial charge on any atom is -0.462 e. The summed E-state index contributed by atoms with van der Waals surface area (Å²) in [6.07, 6.45) is 79.8. The molecule has 456 valence electrons. The molecule has 1 unspecified atom stereocenters. The number of rotatable bonds is 66. The molecule has 0 bridgehead atoms. The number of allylic oxidation sites excluding steroid dienone is 2. The molecule has 0 aliphatic carbocycles. The highest BCUT2D eigenvalue weighted by atomic mass is 16.6. The van der Waals surface area contributed by atoms with Crippen molar-refractivity contribution in [3.63, 3.8) is 0 Å². The lowest BCUT2D eigenvalue weighted by atomic mass is 10.0. The molecule has 0 saturated carbocycles. The Hall–Kier alpha value is -1.85. The molecule has 6 heteroatoms. The van der Waals surface area contributed by atoms with E-state index in [0.29, 0.717) is 19.3 Å². The molecule has 0 aromatic carbocycles. The fourth-order valence-electron chi connectivity index (χ4n) is 11.0. The quantitative estimate of drug-likeness (QED) is 0.0261. The lowest BCUT2D eigenvalue weighted by molar-refractivity contribution is -0.167. The standard InChI is InChI=1S/C71H136O6/c1-4-7-10-13-16-19-22-25-26-27-28-29-30-31-32-33-34-35-36-37-38-39-40-41-42-43-44-47-49-52-55-58-61-64-70(73)76-67-68(77-71(74)65-62-59-56-53-50-46-24-21-18-15-12-9-6-3)66-75-69(72)63-60-57-54-51-48-45-23-20-17-14-11-8-5-2/h21,24,68H,4-20,22-23,25-67H2,1-3H3/b24-21-. The maximum atomic E-state index is 12.9. The number of hydrogen-bond acceptors (Lipinski definition) is 6. The average molecular weight is 1090 g/mol. The molecule has 6 nitrogen and oxygen atoms in total. The summed E-state index contributed by atoms with van der Waals surface area (Å²) < 4.78 is 16.9. The smallest absolute Gasteiger partial charge is 0.306 e. The molecule has 1 atom stereocenters. The average Bonchev–Trinajstić information content (AvgIpc) is 3.43. The van der Waals surface area contributed by atoms with Crippen molar-refractivity contribution >= 4 is 17.9 Å². The van der Waals surface area contributed by atoms with Crippen LogP contribution in [0.15, 0.2) is 12.2 Å². The van der Waals surface area contributed by atoms with Crippen molar-refractivity contribution in [3.8, 4) is 0 Å². The van der Waals surface area contributed by atoms with Crippen LogP contribution in [-0.4, -0.2) is 37.2 Å². The van der Waals surface area contributed by atoms with E-state index in [1.807, 2.05) is 0 Å². The van der Waals surface area contributed by atoms with Crippen molar-refractivity contribution in [2.24, 2.45) is 0 Å². The van der Waals surface area contributed by atoms with E-state index in [1.54, 1.807) is 0 Å². The zero-order chi connectivity index (χ0) is 55.7. The number of carbonyl (C=O) groups is 3. The molecular formula is C71H136O6. The highest BCUT2D eigenvalue weighted by molar-refractivity contribution is 5.71. The number of unbranched alkanes of at least 4 members (excludes halogenated alkanes) is 53. The third-order valence-electron chi connectivity index (χ3n) is 16.3. The molecular weight excluding hydrogens is 949 g/mol. The predicted molar refractivity (Wildman–Crippen MR) is 335 cm³/mol. The Morgan fingerprint density at radius 1 is 0.247 bits per heavy atom. The molecule has 0 amide bonds. The summed E-state index contributed by atoms with van der Waals surface area (Å²) in [4.78, 5) is 38.3. The molecule has 0 radical (unpaired) electrons. The second-order valence-corrected chi connectivity index (χ2v) is 24.2. The van der Waals surface area contributed by atoms with Crippen LogP contribution in [-0.2, 0) is 28.6 Å². The van der Waals surface area contributed by atoms with Gasteiger partial charge in [0.2, 0.25) is 0 Å². The van der Waals surface area contributed by atoms with E-state index in [4.69, 9.17) is 14.2 Å². The summed E-state index contributed by atoms with van der Waals surface area (Å²) in [5.41, 5.74) is 0. The third kappa shape index (κ3) is 64.9. The Balaban J connectivity index is 4.02. The zero-order valence-electron chi connectivity index (χ0n) is 52.5. The van der Waals surface area contributed by atoms with Gasteiger partial charge < -0.3 is 14.2 Å². The van der Waals surface area contributed by atoms with Crippen LogP contribution < -0.4 is 0 Å². The molecule has 0 aromatic rings. The molecule has 0 rings (SSSR count). The van der Waals surface area contributed by atoms with Crippen LogP contribution in [0.1, 0.15) is 406 Å². The first-order chi connectivity index (χ1) is 38.0. The van der Waals surface area contributed by atoms with Crippen LogP contribution in [0, 0.1) is 0 Å².